The number of nitro groups is 1. The molecule has 8 nitrogen and oxygen atoms in total. The summed E-state index contributed by atoms with van der Waals surface area (Å²) in [4.78, 5) is 22.8. The predicted octanol–water partition coefficient (Wildman–Crippen LogP) is 2.88. The molecule has 0 atom stereocenters. The Balaban J connectivity index is 2.17. The van der Waals surface area contributed by atoms with E-state index in [1.165, 1.54) is 18.2 Å². The Morgan fingerprint density at radius 2 is 2.12 bits per heavy atom. The summed E-state index contributed by atoms with van der Waals surface area (Å²) in [6.45, 7) is 0.791. The van der Waals surface area contributed by atoms with Crippen molar-refractivity contribution in [2.24, 2.45) is 0 Å². The van der Waals surface area contributed by atoms with Crippen LogP contribution in [0, 0.1) is 21.4 Å². The lowest BCUT2D eigenvalue weighted by atomic mass is 10.1. The van der Waals surface area contributed by atoms with Crippen LogP contribution in [-0.2, 0) is 16.1 Å². The van der Waals surface area contributed by atoms with Crippen molar-refractivity contribution < 1.29 is 19.2 Å². The minimum absolute atomic E-state index is 0.0471. The van der Waals surface area contributed by atoms with Gasteiger partial charge >= 0.3 is 5.97 Å². The third kappa shape index (κ3) is 5.03. The first-order valence-electron chi connectivity index (χ1n) is 7.72. The van der Waals surface area contributed by atoms with E-state index < -0.39 is 10.9 Å². The van der Waals surface area contributed by atoms with Crippen molar-refractivity contribution in [2.45, 2.75) is 6.61 Å². The van der Waals surface area contributed by atoms with E-state index in [0.29, 0.717) is 30.0 Å². The smallest absolute Gasteiger partial charge is 0.340 e. The molecule has 0 amide bonds. The average Bonchev–Trinajstić information content (AvgIpc) is 2.66. The number of nitro benzene ring substituents is 1. The third-order valence-electron chi connectivity index (χ3n) is 3.48. The largest absolute Gasteiger partial charge is 0.457 e. The molecule has 1 N–H and O–H groups in total. The van der Waals surface area contributed by atoms with Gasteiger partial charge in [-0.15, -0.1) is 0 Å². The van der Waals surface area contributed by atoms with Gasteiger partial charge in [-0.3, -0.25) is 10.1 Å². The van der Waals surface area contributed by atoms with Crippen molar-refractivity contribution in [1.82, 2.24) is 0 Å². The van der Waals surface area contributed by atoms with Crippen LogP contribution >= 0.6 is 0 Å². The third-order valence-corrected chi connectivity index (χ3v) is 3.48. The molecule has 0 fully saturated rings. The van der Waals surface area contributed by atoms with Gasteiger partial charge in [0.2, 0.25) is 0 Å². The number of methoxy groups -OCH3 is 1. The molecule has 0 aliphatic carbocycles. The monoisotopic (exact) mass is 355 g/mol. The van der Waals surface area contributed by atoms with Crippen LogP contribution in [0.1, 0.15) is 21.5 Å². The van der Waals surface area contributed by atoms with E-state index in [2.05, 4.69) is 5.32 Å². The molecule has 0 bridgehead atoms. The van der Waals surface area contributed by atoms with E-state index in [9.17, 15) is 14.9 Å². The highest BCUT2D eigenvalue weighted by Gasteiger charge is 2.18. The fourth-order valence-corrected chi connectivity index (χ4v) is 2.21. The molecular formula is C18H17N3O5. The van der Waals surface area contributed by atoms with Crippen molar-refractivity contribution >= 4 is 17.3 Å². The number of nitrogens with zero attached hydrogens (tertiary/aromatic N) is 2. The van der Waals surface area contributed by atoms with Crippen molar-refractivity contribution in [3.8, 4) is 6.07 Å². The number of hydrogen-bond donors (Lipinski definition) is 1. The zero-order chi connectivity index (χ0) is 18.9. The first-order chi connectivity index (χ1) is 12.5. The van der Waals surface area contributed by atoms with Gasteiger partial charge in [-0.2, -0.15) is 5.26 Å². The second-order valence-electron chi connectivity index (χ2n) is 5.29. The number of ether oxygens (including phenoxy) is 2. The molecule has 0 unspecified atom stereocenters. The number of non-ortho nitro benzene ring substituents is 1. The zero-order valence-electron chi connectivity index (χ0n) is 14.1. The molecule has 0 saturated heterocycles. The Labute approximate surface area is 150 Å². The number of esters is 1. The first kappa shape index (κ1) is 18.9. The number of nitriles is 1. The maximum Gasteiger partial charge on any atom is 0.340 e. The Bertz CT molecular complexity index is 845. The topological polar surface area (TPSA) is 114 Å². The first-order valence-corrected chi connectivity index (χ1v) is 7.72. The second kappa shape index (κ2) is 9.15. The number of carbonyl (C=O) groups is 1. The summed E-state index contributed by atoms with van der Waals surface area (Å²) in [5.41, 5.74) is 1.38. The molecule has 2 aromatic carbocycles. The summed E-state index contributed by atoms with van der Waals surface area (Å²) in [5.74, 6) is -0.698. The van der Waals surface area contributed by atoms with Crippen molar-refractivity contribution in [2.75, 3.05) is 25.6 Å². The summed E-state index contributed by atoms with van der Waals surface area (Å²) in [6, 6.07) is 12.6. The molecule has 8 heteroatoms. The summed E-state index contributed by atoms with van der Waals surface area (Å²) in [5, 5.41) is 22.9. The number of nitrogens with one attached hydrogen (secondary N) is 1. The number of anilines is 1. The minimum Gasteiger partial charge on any atom is -0.457 e. The highest BCUT2D eigenvalue weighted by Crippen LogP contribution is 2.23. The molecule has 0 spiro atoms. The van der Waals surface area contributed by atoms with Gasteiger partial charge in [-0.25, -0.2) is 4.79 Å². The summed E-state index contributed by atoms with van der Waals surface area (Å²) < 4.78 is 10.2. The van der Waals surface area contributed by atoms with Gasteiger partial charge in [-0.05, 0) is 23.8 Å². The highest BCUT2D eigenvalue weighted by molar-refractivity contribution is 5.96. The van der Waals surface area contributed by atoms with Gasteiger partial charge in [0.1, 0.15) is 6.61 Å². The summed E-state index contributed by atoms with van der Waals surface area (Å²) >= 11 is 0. The quantitative estimate of drug-likeness (QED) is 0.335. The number of hydrogen-bond acceptors (Lipinski definition) is 7. The van der Waals surface area contributed by atoms with Crippen LogP contribution in [0.2, 0.25) is 0 Å². The molecule has 2 aromatic rings. The average molecular weight is 355 g/mol. The van der Waals surface area contributed by atoms with Crippen LogP contribution in [0.4, 0.5) is 11.4 Å². The lowest BCUT2D eigenvalue weighted by molar-refractivity contribution is -0.384. The van der Waals surface area contributed by atoms with Gasteiger partial charge in [0, 0.05) is 31.5 Å². The van der Waals surface area contributed by atoms with Gasteiger partial charge in [0.05, 0.1) is 28.7 Å². The Hall–Kier alpha value is -3.44. The molecule has 134 valence electrons. The predicted molar refractivity (Wildman–Crippen MR) is 93.7 cm³/mol. The van der Waals surface area contributed by atoms with Gasteiger partial charge in [0.25, 0.3) is 5.69 Å². The Kier molecular flexibility index (Phi) is 6.65. The van der Waals surface area contributed by atoms with Crippen LogP contribution in [0.5, 0.6) is 0 Å². The molecule has 2 rings (SSSR count). The number of benzene rings is 2. The molecule has 0 saturated carbocycles. The SMILES string of the molecule is COCCNc1ccc([N+](=O)[O-])cc1C(=O)OCc1cccc(C#N)c1. The van der Waals surface area contributed by atoms with Gasteiger partial charge in [0.15, 0.2) is 0 Å². The van der Waals surface area contributed by atoms with Gasteiger partial charge < -0.3 is 14.8 Å². The van der Waals surface area contributed by atoms with Crippen molar-refractivity contribution in [1.29, 1.82) is 5.26 Å². The van der Waals surface area contributed by atoms with E-state index >= 15 is 0 Å². The lowest BCUT2D eigenvalue weighted by Gasteiger charge is -2.12. The summed E-state index contributed by atoms with van der Waals surface area (Å²) in [6.07, 6.45) is 0. The van der Waals surface area contributed by atoms with E-state index in [4.69, 9.17) is 14.7 Å². The maximum atomic E-state index is 12.4. The fourth-order valence-electron chi connectivity index (χ4n) is 2.21. The van der Waals surface area contributed by atoms with Crippen LogP contribution < -0.4 is 5.32 Å². The molecule has 0 aliphatic rings. The van der Waals surface area contributed by atoms with Gasteiger partial charge in [-0.1, -0.05) is 12.1 Å². The fraction of sp³-hybridized carbons (Fsp3) is 0.222. The Morgan fingerprint density at radius 3 is 2.81 bits per heavy atom. The lowest BCUT2D eigenvalue weighted by Crippen LogP contribution is -2.13. The minimum atomic E-state index is -0.698. The zero-order valence-corrected chi connectivity index (χ0v) is 14.1. The maximum absolute atomic E-state index is 12.4. The van der Waals surface area contributed by atoms with Crippen LogP contribution in [0.15, 0.2) is 42.5 Å². The van der Waals surface area contributed by atoms with E-state index in [0.717, 1.165) is 0 Å². The Morgan fingerprint density at radius 1 is 1.31 bits per heavy atom. The standard InChI is InChI=1S/C18H17N3O5/c1-25-8-7-20-17-6-5-15(21(23)24)10-16(17)18(22)26-12-14-4-2-3-13(9-14)11-19/h2-6,9-10,20H,7-8,12H2,1H3. The molecular weight excluding hydrogens is 338 g/mol. The van der Waals surface area contributed by atoms with E-state index in [1.54, 1.807) is 31.4 Å². The number of carbonyl (C=O) groups excluding carboxylic acids is 1. The van der Waals surface area contributed by atoms with E-state index in [1.807, 2.05) is 6.07 Å². The van der Waals surface area contributed by atoms with Crippen LogP contribution in [0.25, 0.3) is 0 Å². The molecule has 0 radical (unpaired) electrons. The van der Waals surface area contributed by atoms with Crippen molar-refractivity contribution in [3.63, 3.8) is 0 Å². The molecule has 26 heavy (non-hydrogen) atoms. The van der Waals surface area contributed by atoms with Crippen molar-refractivity contribution in [3.05, 3.63) is 69.3 Å². The van der Waals surface area contributed by atoms with Crippen LogP contribution in [-0.4, -0.2) is 31.2 Å². The summed E-state index contributed by atoms with van der Waals surface area (Å²) in [7, 11) is 1.54. The second-order valence-corrected chi connectivity index (χ2v) is 5.29. The number of rotatable bonds is 8. The van der Waals surface area contributed by atoms with Crippen LogP contribution in [0.3, 0.4) is 0 Å². The highest BCUT2D eigenvalue weighted by atomic mass is 16.6. The normalized spacial score (nSPS) is 10.0. The molecule has 0 aliphatic heterocycles. The molecule has 0 aromatic heterocycles. The molecule has 0 heterocycles. The van der Waals surface area contributed by atoms with E-state index in [-0.39, 0.29) is 17.9 Å².